The number of hydrogen-bond acceptors (Lipinski definition) is 3. The topological polar surface area (TPSA) is 58.6 Å². The van der Waals surface area contributed by atoms with Gasteiger partial charge in [0.05, 0.1) is 6.61 Å². The minimum atomic E-state index is 0.0107. The molecule has 0 heterocycles. The van der Waals surface area contributed by atoms with Gasteiger partial charge < -0.3 is 15.2 Å². The van der Waals surface area contributed by atoms with Crippen LogP contribution in [0.4, 0.5) is 0 Å². The Morgan fingerprint density at radius 3 is 2.81 bits per heavy atom. The molecule has 0 aliphatic rings. The maximum absolute atomic E-state index is 11.4. The number of benzene rings is 1. The van der Waals surface area contributed by atoms with E-state index in [4.69, 9.17) is 9.84 Å². The second-order valence-electron chi connectivity index (χ2n) is 5.09. The summed E-state index contributed by atoms with van der Waals surface area (Å²) in [7, 11) is 0. The van der Waals surface area contributed by atoms with Crippen molar-refractivity contribution in [2.24, 2.45) is 0 Å². The van der Waals surface area contributed by atoms with Gasteiger partial charge in [0.2, 0.25) is 5.91 Å². The Balaban J connectivity index is 2.29. The second kappa shape index (κ2) is 11.1. The SMILES string of the molecule is CCCCOc1ccccc1CCCNC(=O)CCCO. The fraction of sp³-hybridized carbons (Fsp3) is 0.588. The molecular formula is C17H27NO3. The molecule has 0 atom stereocenters. The number of nitrogens with one attached hydrogen (secondary N) is 1. The van der Waals surface area contributed by atoms with Crippen molar-refractivity contribution in [2.45, 2.75) is 45.4 Å². The Hall–Kier alpha value is -1.55. The highest BCUT2D eigenvalue weighted by Crippen LogP contribution is 2.19. The van der Waals surface area contributed by atoms with Gasteiger partial charge in [-0.25, -0.2) is 0 Å². The maximum atomic E-state index is 11.4. The van der Waals surface area contributed by atoms with Gasteiger partial charge in [-0.05, 0) is 37.3 Å². The van der Waals surface area contributed by atoms with Crippen LogP contribution in [-0.4, -0.2) is 30.8 Å². The first-order valence-electron chi connectivity index (χ1n) is 7.86. The van der Waals surface area contributed by atoms with E-state index in [1.165, 1.54) is 5.56 Å². The zero-order valence-corrected chi connectivity index (χ0v) is 12.9. The lowest BCUT2D eigenvalue weighted by Gasteiger charge is -2.11. The summed E-state index contributed by atoms with van der Waals surface area (Å²) < 4.78 is 5.79. The number of rotatable bonds is 11. The number of amides is 1. The first kappa shape index (κ1) is 17.5. The Kier molecular flexibility index (Phi) is 9.29. The molecule has 0 fully saturated rings. The number of carbonyl (C=O) groups excluding carboxylic acids is 1. The molecule has 1 aromatic rings. The molecule has 0 aliphatic heterocycles. The highest BCUT2D eigenvalue weighted by atomic mass is 16.5. The third kappa shape index (κ3) is 7.71. The van der Waals surface area contributed by atoms with Crippen molar-refractivity contribution in [2.75, 3.05) is 19.8 Å². The molecule has 4 nitrogen and oxygen atoms in total. The lowest BCUT2D eigenvalue weighted by molar-refractivity contribution is -0.121. The number of ether oxygens (including phenoxy) is 1. The van der Waals surface area contributed by atoms with Crippen LogP contribution in [0.1, 0.15) is 44.6 Å². The van der Waals surface area contributed by atoms with Crippen molar-refractivity contribution in [3.8, 4) is 5.75 Å². The summed E-state index contributed by atoms with van der Waals surface area (Å²) in [5.41, 5.74) is 1.19. The van der Waals surface area contributed by atoms with Crippen molar-refractivity contribution < 1.29 is 14.6 Å². The molecule has 1 aromatic carbocycles. The van der Waals surface area contributed by atoms with Crippen LogP contribution < -0.4 is 10.1 Å². The Morgan fingerprint density at radius 2 is 2.05 bits per heavy atom. The number of aliphatic hydroxyl groups excluding tert-OH is 1. The van der Waals surface area contributed by atoms with Crippen molar-refractivity contribution >= 4 is 5.91 Å². The largest absolute Gasteiger partial charge is 0.493 e. The second-order valence-corrected chi connectivity index (χ2v) is 5.09. The molecule has 0 saturated heterocycles. The molecule has 0 bridgehead atoms. The molecule has 21 heavy (non-hydrogen) atoms. The van der Waals surface area contributed by atoms with Gasteiger partial charge in [-0.3, -0.25) is 4.79 Å². The van der Waals surface area contributed by atoms with Crippen LogP contribution in [0.2, 0.25) is 0 Å². The molecule has 0 unspecified atom stereocenters. The van der Waals surface area contributed by atoms with E-state index in [-0.39, 0.29) is 12.5 Å². The average molecular weight is 293 g/mol. The van der Waals surface area contributed by atoms with Gasteiger partial charge in [0, 0.05) is 19.6 Å². The van der Waals surface area contributed by atoms with Crippen molar-refractivity contribution in [3.05, 3.63) is 29.8 Å². The van der Waals surface area contributed by atoms with E-state index in [2.05, 4.69) is 18.3 Å². The molecular weight excluding hydrogens is 266 g/mol. The Bertz CT molecular complexity index is 407. The van der Waals surface area contributed by atoms with Crippen LogP contribution in [0.5, 0.6) is 5.75 Å². The van der Waals surface area contributed by atoms with Gasteiger partial charge in [0.15, 0.2) is 0 Å². The third-order valence-electron chi connectivity index (χ3n) is 3.24. The van der Waals surface area contributed by atoms with E-state index in [9.17, 15) is 4.79 Å². The number of carbonyl (C=O) groups is 1. The van der Waals surface area contributed by atoms with E-state index >= 15 is 0 Å². The fourth-order valence-electron chi connectivity index (χ4n) is 2.01. The normalized spacial score (nSPS) is 10.4. The summed E-state index contributed by atoms with van der Waals surface area (Å²) >= 11 is 0. The quantitative estimate of drug-likeness (QED) is 0.617. The standard InChI is InChI=1S/C17H27NO3/c1-2-3-14-21-16-10-5-4-8-15(16)9-6-12-18-17(20)11-7-13-19/h4-5,8,10,19H,2-3,6-7,9,11-14H2,1H3,(H,18,20). The predicted molar refractivity (Wildman–Crippen MR) is 84.5 cm³/mol. The summed E-state index contributed by atoms with van der Waals surface area (Å²) in [5, 5.41) is 11.5. The minimum Gasteiger partial charge on any atom is -0.493 e. The number of aliphatic hydroxyl groups is 1. The maximum Gasteiger partial charge on any atom is 0.220 e. The van der Waals surface area contributed by atoms with Crippen LogP contribution in [0.3, 0.4) is 0 Å². The average Bonchev–Trinajstić information content (AvgIpc) is 2.51. The van der Waals surface area contributed by atoms with E-state index in [0.717, 1.165) is 38.0 Å². The van der Waals surface area contributed by atoms with Gasteiger partial charge >= 0.3 is 0 Å². The number of para-hydroxylation sites is 1. The lowest BCUT2D eigenvalue weighted by atomic mass is 10.1. The van der Waals surface area contributed by atoms with Crippen LogP contribution in [-0.2, 0) is 11.2 Å². The molecule has 0 aromatic heterocycles. The highest BCUT2D eigenvalue weighted by molar-refractivity contribution is 5.75. The number of unbranched alkanes of at least 4 members (excludes halogenated alkanes) is 1. The highest BCUT2D eigenvalue weighted by Gasteiger charge is 2.04. The van der Waals surface area contributed by atoms with Crippen LogP contribution in [0.15, 0.2) is 24.3 Å². The van der Waals surface area contributed by atoms with E-state index < -0.39 is 0 Å². The van der Waals surface area contributed by atoms with Crippen molar-refractivity contribution in [1.82, 2.24) is 5.32 Å². The summed E-state index contributed by atoms with van der Waals surface area (Å²) in [6, 6.07) is 8.09. The number of hydrogen-bond donors (Lipinski definition) is 2. The predicted octanol–water partition coefficient (Wildman–Crippen LogP) is 2.69. The molecule has 0 radical (unpaired) electrons. The number of aryl methyl sites for hydroxylation is 1. The monoisotopic (exact) mass is 293 g/mol. The minimum absolute atomic E-state index is 0.0107. The molecule has 2 N–H and O–H groups in total. The summed E-state index contributed by atoms with van der Waals surface area (Å²) in [5.74, 6) is 0.967. The zero-order chi connectivity index (χ0) is 15.3. The van der Waals surface area contributed by atoms with Gasteiger partial charge in [-0.1, -0.05) is 31.5 Å². The summed E-state index contributed by atoms with van der Waals surface area (Å²) in [6.45, 7) is 3.63. The first-order valence-corrected chi connectivity index (χ1v) is 7.86. The van der Waals surface area contributed by atoms with E-state index in [1.54, 1.807) is 0 Å². The molecule has 1 rings (SSSR count). The molecule has 1 amide bonds. The molecule has 0 aliphatic carbocycles. The van der Waals surface area contributed by atoms with E-state index in [1.807, 2.05) is 18.2 Å². The smallest absolute Gasteiger partial charge is 0.220 e. The zero-order valence-electron chi connectivity index (χ0n) is 12.9. The molecule has 0 saturated carbocycles. The van der Waals surface area contributed by atoms with Crippen LogP contribution in [0, 0.1) is 0 Å². The Labute approximate surface area is 127 Å². The van der Waals surface area contributed by atoms with Crippen LogP contribution >= 0.6 is 0 Å². The molecule has 118 valence electrons. The van der Waals surface area contributed by atoms with Crippen LogP contribution in [0.25, 0.3) is 0 Å². The van der Waals surface area contributed by atoms with E-state index in [0.29, 0.717) is 19.4 Å². The molecule has 4 heteroatoms. The summed E-state index contributed by atoms with van der Waals surface area (Å²) in [6.07, 6.45) is 4.89. The van der Waals surface area contributed by atoms with Gasteiger partial charge in [-0.15, -0.1) is 0 Å². The van der Waals surface area contributed by atoms with Gasteiger partial charge in [-0.2, -0.15) is 0 Å². The fourth-order valence-corrected chi connectivity index (χ4v) is 2.01. The van der Waals surface area contributed by atoms with Crippen molar-refractivity contribution in [1.29, 1.82) is 0 Å². The third-order valence-corrected chi connectivity index (χ3v) is 3.24. The molecule has 0 spiro atoms. The summed E-state index contributed by atoms with van der Waals surface area (Å²) in [4.78, 5) is 11.4. The first-order chi connectivity index (χ1) is 10.3. The van der Waals surface area contributed by atoms with Gasteiger partial charge in [0.1, 0.15) is 5.75 Å². The lowest BCUT2D eigenvalue weighted by Crippen LogP contribution is -2.24. The Morgan fingerprint density at radius 1 is 1.24 bits per heavy atom. The van der Waals surface area contributed by atoms with Gasteiger partial charge in [0.25, 0.3) is 0 Å². The van der Waals surface area contributed by atoms with Crippen molar-refractivity contribution in [3.63, 3.8) is 0 Å².